The predicted molar refractivity (Wildman–Crippen MR) is 63.9 cm³/mol. The van der Waals surface area contributed by atoms with Crippen molar-refractivity contribution in [3.63, 3.8) is 0 Å². The van der Waals surface area contributed by atoms with E-state index in [4.69, 9.17) is 5.41 Å². The minimum atomic E-state index is -0.690. The van der Waals surface area contributed by atoms with Gasteiger partial charge in [-0.25, -0.2) is 9.59 Å². The minimum Gasteiger partial charge on any atom is -0.468 e. The van der Waals surface area contributed by atoms with Crippen molar-refractivity contribution in [2.24, 2.45) is 0 Å². The molecule has 0 rings (SSSR count). The Bertz CT molecular complexity index is 280. The molecule has 0 radical (unpaired) electrons. The van der Waals surface area contributed by atoms with Gasteiger partial charge < -0.3 is 15.4 Å². The number of amidine groups is 1. The summed E-state index contributed by atoms with van der Waals surface area (Å²) < 4.78 is 4.61. The summed E-state index contributed by atoms with van der Waals surface area (Å²) in [5.41, 5.74) is 0. The van der Waals surface area contributed by atoms with Crippen LogP contribution in [0.25, 0.3) is 0 Å². The largest absolute Gasteiger partial charge is 0.468 e. The Kier molecular flexibility index (Phi) is 6.01. The number of methoxy groups -OCH3 is 1. The maximum absolute atomic E-state index is 11.7. The zero-order valence-electron chi connectivity index (χ0n) is 10.8. The Balaban J connectivity index is 4.81. The number of amides is 4. The van der Waals surface area contributed by atoms with Gasteiger partial charge in [-0.1, -0.05) is 0 Å². The Morgan fingerprint density at radius 2 is 1.41 bits per heavy atom. The fourth-order valence-corrected chi connectivity index (χ4v) is 0.991. The van der Waals surface area contributed by atoms with Crippen molar-refractivity contribution in [1.82, 2.24) is 15.5 Å². The van der Waals surface area contributed by atoms with E-state index in [1.807, 2.05) is 0 Å². The number of rotatable bonds is 2. The molecular weight excluding hydrogens is 224 g/mol. The highest BCUT2D eigenvalue weighted by atomic mass is 16.5. The number of nitrogens with zero attached hydrogens (tertiary/aromatic N) is 1. The maximum atomic E-state index is 11.7. The predicted octanol–water partition coefficient (Wildman–Crippen LogP) is 1.11. The van der Waals surface area contributed by atoms with Gasteiger partial charge in [0.2, 0.25) is 0 Å². The van der Waals surface area contributed by atoms with E-state index >= 15 is 0 Å². The lowest BCUT2D eigenvalue weighted by atomic mass is 10.4. The lowest BCUT2D eigenvalue weighted by Gasteiger charge is -2.22. The van der Waals surface area contributed by atoms with Gasteiger partial charge in [0.25, 0.3) is 0 Å². The lowest BCUT2D eigenvalue weighted by Crippen LogP contribution is -2.54. The second kappa shape index (κ2) is 6.72. The van der Waals surface area contributed by atoms with Crippen molar-refractivity contribution >= 4 is 18.1 Å². The van der Waals surface area contributed by atoms with Crippen molar-refractivity contribution in [2.75, 3.05) is 7.11 Å². The molecule has 0 aromatic heterocycles. The normalized spacial score (nSPS) is 10.1. The molecule has 7 nitrogen and oxygen atoms in total. The van der Waals surface area contributed by atoms with E-state index in [9.17, 15) is 9.59 Å². The topological polar surface area (TPSA) is 94.5 Å². The van der Waals surface area contributed by atoms with Crippen LogP contribution in [0.2, 0.25) is 0 Å². The number of carbonyl (C=O) groups is 2. The highest BCUT2D eigenvalue weighted by molar-refractivity contribution is 6.08. The van der Waals surface area contributed by atoms with Crippen LogP contribution in [0.3, 0.4) is 0 Å². The molecule has 0 bridgehead atoms. The van der Waals surface area contributed by atoms with E-state index in [1.54, 1.807) is 27.7 Å². The zero-order chi connectivity index (χ0) is 13.6. The van der Waals surface area contributed by atoms with Crippen LogP contribution < -0.4 is 10.6 Å². The number of hydrogen-bond acceptors (Lipinski definition) is 4. The number of urea groups is 2. The molecule has 0 fully saturated rings. The first-order valence-electron chi connectivity index (χ1n) is 5.33. The second-order valence-corrected chi connectivity index (χ2v) is 4.05. The molecule has 7 heteroatoms. The smallest absolute Gasteiger partial charge is 0.334 e. The maximum Gasteiger partial charge on any atom is 0.334 e. The summed E-state index contributed by atoms with van der Waals surface area (Å²) >= 11 is 0. The summed E-state index contributed by atoms with van der Waals surface area (Å²) in [4.78, 5) is 24.0. The summed E-state index contributed by atoms with van der Waals surface area (Å²) in [6.07, 6.45) is 0. The van der Waals surface area contributed by atoms with E-state index in [2.05, 4.69) is 15.4 Å². The summed E-state index contributed by atoms with van der Waals surface area (Å²) in [7, 11) is 1.22. The molecule has 0 aromatic carbocycles. The average molecular weight is 244 g/mol. The van der Waals surface area contributed by atoms with Crippen molar-refractivity contribution in [3.8, 4) is 0 Å². The number of nitrogens with one attached hydrogen (secondary N) is 3. The van der Waals surface area contributed by atoms with Crippen LogP contribution in [0.5, 0.6) is 0 Å². The first-order chi connectivity index (χ1) is 7.79. The summed E-state index contributed by atoms with van der Waals surface area (Å²) in [5, 5.41) is 12.5. The Morgan fingerprint density at radius 3 is 1.65 bits per heavy atom. The van der Waals surface area contributed by atoms with Crippen LogP contribution in [-0.2, 0) is 4.74 Å². The molecule has 0 aliphatic carbocycles. The van der Waals surface area contributed by atoms with Gasteiger partial charge in [0.05, 0.1) is 7.11 Å². The first-order valence-corrected chi connectivity index (χ1v) is 5.33. The van der Waals surface area contributed by atoms with Gasteiger partial charge in [0.15, 0.2) is 0 Å². The molecule has 0 atom stereocenters. The van der Waals surface area contributed by atoms with Gasteiger partial charge in [-0.3, -0.25) is 5.41 Å². The fraction of sp³-hybridized carbons (Fsp3) is 0.700. The second-order valence-electron chi connectivity index (χ2n) is 4.05. The van der Waals surface area contributed by atoms with E-state index in [0.717, 1.165) is 0 Å². The third kappa shape index (κ3) is 5.19. The molecule has 0 unspecified atom stereocenters. The molecule has 17 heavy (non-hydrogen) atoms. The summed E-state index contributed by atoms with van der Waals surface area (Å²) in [6, 6.07) is -2.18. The molecule has 3 N–H and O–H groups in total. The van der Waals surface area contributed by atoms with Crippen LogP contribution in [0, 0.1) is 5.41 Å². The average Bonchev–Trinajstić information content (AvgIpc) is 2.14. The lowest BCUT2D eigenvalue weighted by molar-refractivity contribution is 0.191. The van der Waals surface area contributed by atoms with Gasteiger partial charge in [0.1, 0.15) is 0 Å². The third-order valence-electron chi connectivity index (χ3n) is 1.63. The molecule has 0 saturated heterocycles. The van der Waals surface area contributed by atoms with Crippen molar-refractivity contribution in [2.45, 2.75) is 39.8 Å². The monoisotopic (exact) mass is 244 g/mol. The van der Waals surface area contributed by atoms with Crippen LogP contribution >= 0.6 is 0 Å². The number of ether oxygens (including phenoxy) is 1. The minimum absolute atomic E-state index is 0.137. The highest BCUT2D eigenvalue weighted by Crippen LogP contribution is 1.97. The van der Waals surface area contributed by atoms with Gasteiger partial charge in [0, 0.05) is 12.1 Å². The molecule has 98 valence electrons. The van der Waals surface area contributed by atoms with Crippen LogP contribution in [0.1, 0.15) is 27.7 Å². The third-order valence-corrected chi connectivity index (χ3v) is 1.63. The number of hydrogen-bond donors (Lipinski definition) is 3. The summed E-state index contributed by atoms with van der Waals surface area (Å²) in [6.45, 7) is 7.03. The SMILES string of the molecule is COC(=N)N(C(=O)NC(C)C)C(=O)NC(C)C. The fourth-order valence-electron chi connectivity index (χ4n) is 0.991. The standard InChI is InChI=1S/C10H20N4O3/c1-6(2)12-9(15)14(8(11)17-5)10(16)13-7(3)4/h6-7,11H,1-5H3,(H,12,15)(H,13,16). The Hall–Kier alpha value is -1.79. The van der Waals surface area contributed by atoms with Crippen molar-refractivity contribution in [3.05, 3.63) is 0 Å². The molecule has 0 saturated carbocycles. The van der Waals surface area contributed by atoms with E-state index in [1.165, 1.54) is 7.11 Å². The highest BCUT2D eigenvalue weighted by Gasteiger charge is 2.27. The number of carbonyl (C=O) groups excluding carboxylic acids is 2. The number of imide groups is 1. The summed E-state index contributed by atoms with van der Waals surface area (Å²) in [5.74, 6) is 0. The molecular formula is C10H20N4O3. The molecule has 0 aromatic rings. The molecule has 0 aliphatic heterocycles. The van der Waals surface area contributed by atoms with E-state index in [0.29, 0.717) is 4.90 Å². The van der Waals surface area contributed by atoms with E-state index < -0.39 is 18.1 Å². The molecule has 0 heterocycles. The van der Waals surface area contributed by atoms with Gasteiger partial charge >= 0.3 is 18.1 Å². The van der Waals surface area contributed by atoms with Crippen LogP contribution in [0.4, 0.5) is 9.59 Å². The van der Waals surface area contributed by atoms with Crippen molar-refractivity contribution in [1.29, 1.82) is 5.41 Å². The Morgan fingerprint density at radius 1 is 1.06 bits per heavy atom. The molecule has 0 spiro atoms. The van der Waals surface area contributed by atoms with Crippen molar-refractivity contribution < 1.29 is 14.3 Å². The first kappa shape index (κ1) is 15.2. The quantitative estimate of drug-likeness (QED) is 0.501. The Labute approximate surface area is 101 Å². The van der Waals surface area contributed by atoms with Gasteiger partial charge in [-0.2, -0.15) is 4.90 Å². The molecule has 4 amide bonds. The van der Waals surface area contributed by atoms with E-state index in [-0.39, 0.29) is 12.1 Å². The molecule has 0 aliphatic rings. The van der Waals surface area contributed by atoms with Gasteiger partial charge in [-0.05, 0) is 27.7 Å². The van der Waals surface area contributed by atoms with Gasteiger partial charge in [-0.15, -0.1) is 0 Å². The van der Waals surface area contributed by atoms with Crippen LogP contribution in [0.15, 0.2) is 0 Å². The zero-order valence-corrected chi connectivity index (χ0v) is 10.8. The van der Waals surface area contributed by atoms with Crippen LogP contribution in [-0.4, -0.2) is 42.2 Å².